The first-order chi connectivity index (χ1) is 11.2. The van der Waals surface area contributed by atoms with Gasteiger partial charge in [-0.1, -0.05) is 0 Å². The number of nitrogens with zero attached hydrogens (tertiary/aromatic N) is 1. The first kappa shape index (κ1) is 16.9. The zero-order chi connectivity index (χ0) is 17.5. The molecule has 0 aromatic heterocycles. The van der Waals surface area contributed by atoms with Crippen LogP contribution in [0.15, 0.2) is 18.2 Å². The number of piperidine rings is 1. The van der Waals surface area contributed by atoms with Gasteiger partial charge in [-0.25, -0.2) is 4.79 Å². The molecule has 2 heterocycles. The molecule has 1 saturated heterocycles. The molecule has 0 saturated carbocycles. The van der Waals surface area contributed by atoms with Crippen molar-refractivity contribution < 1.29 is 19.4 Å². The second-order valence-corrected chi connectivity index (χ2v) is 7.58. The highest BCUT2D eigenvalue weighted by Crippen LogP contribution is 2.48. The van der Waals surface area contributed by atoms with Gasteiger partial charge in [0.05, 0.1) is 7.11 Å². The van der Waals surface area contributed by atoms with Crippen molar-refractivity contribution in [3.63, 3.8) is 0 Å². The first-order valence-corrected chi connectivity index (χ1v) is 8.36. The average molecular weight is 334 g/mol. The van der Waals surface area contributed by atoms with Gasteiger partial charge in [-0.15, -0.1) is 0 Å². The van der Waals surface area contributed by atoms with Gasteiger partial charge in [0, 0.05) is 24.2 Å². The summed E-state index contributed by atoms with van der Waals surface area (Å²) in [6.45, 7) is 6.71. The van der Waals surface area contributed by atoms with Crippen LogP contribution in [0.4, 0.5) is 10.5 Å². The lowest BCUT2D eigenvalue weighted by Crippen LogP contribution is -2.51. The largest absolute Gasteiger partial charge is 0.497 e. The standard InChI is InChI=1S/C18H26N2O4/c1-17(2,3)24-16(22)20-9-7-18(8-10-20)13-11-12(23-4)5-6-14(13)19-15(18)21/h5-6,11,15,19,21H,7-10H2,1-4H3/t15-/m1/s1. The summed E-state index contributed by atoms with van der Waals surface area (Å²) < 4.78 is 10.8. The van der Waals surface area contributed by atoms with E-state index in [4.69, 9.17) is 9.47 Å². The summed E-state index contributed by atoms with van der Waals surface area (Å²) in [4.78, 5) is 14.0. The van der Waals surface area contributed by atoms with E-state index >= 15 is 0 Å². The number of aliphatic hydroxyl groups excluding tert-OH is 1. The molecule has 2 aliphatic heterocycles. The van der Waals surface area contributed by atoms with Gasteiger partial charge in [0.2, 0.25) is 0 Å². The number of aliphatic hydroxyl groups is 1. The predicted octanol–water partition coefficient (Wildman–Crippen LogP) is 2.71. The number of methoxy groups -OCH3 is 1. The molecular weight excluding hydrogens is 308 g/mol. The van der Waals surface area contributed by atoms with Crippen molar-refractivity contribution in [2.24, 2.45) is 0 Å². The van der Waals surface area contributed by atoms with Crippen LogP contribution >= 0.6 is 0 Å². The minimum absolute atomic E-state index is 0.288. The van der Waals surface area contributed by atoms with Crippen molar-refractivity contribution in [1.82, 2.24) is 4.90 Å². The Morgan fingerprint density at radius 2 is 2.00 bits per heavy atom. The molecule has 0 bridgehead atoms. The Bertz CT molecular complexity index is 630. The van der Waals surface area contributed by atoms with Crippen molar-refractivity contribution in [1.29, 1.82) is 0 Å². The van der Waals surface area contributed by atoms with Gasteiger partial charge in [0.1, 0.15) is 17.6 Å². The number of likely N-dealkylation sites (tertiary alicyclic amines) is 1. The van der Waals surface area contributed by atoms with E-state index in [0.29, 0.717) is 25.9 Å². The topological polar surface area (TPSA) is 71.0 Å². The van der Waals surface area contributed by atoms with Gasteiger partial charge >= 0.3 is 6.09 Å². The van der Waals surface area contributed by atoms with Crippen LogP contribution in [0.2, 0.25) is 0 Å². The fourth-order valence-electron chi connectivity index (χ4n) is 3.58. The van der Waals surface area contributed by atoms with Crippen molar-refractivity contribution in [3.8, 4) is 5.75 Å². The highest BCUT2D eigenvalue weighted by molar-refractivity contribution is 5.69. The van der Waals surface area contributed by atoms with Gasteiger partial charge < -0.3 is 24.8 Å². The lowest BCUT2D eigenvalue weighted by atomic mass is 9.73. The van der Waals surface area contributed by atoms with Crippen molar-refractivity contribution in [2.45, 2.75) is 50.9 Å². The summed E-state index contributed by atoms with van der Waals surface area (Å²) in [5.74, 6) is 0.776. The SMILES string of the molecule is COc1ccc2c(c1)C1(CCN(C(=O)OC(C)(C)C)CC1)[C@@H](O)N2. The van der Waals surface area contributed by atoms with E-state index in [1.165, 1.54) is 0 Å². The minimum Gasteiger partial charge on any atom is -0.497 e. The Labute approximate surface area is 142 Å². The van der Waals surface area contributed by atoms with Crippen LogP contribution < -0.4 is 10.1 Å². The summed E-state index contributed by atoms with van der Waals surface area (Å²) in [5.41, 5.74) is 1.12. The van der Waals surface area contributed by atoms with E-state index in [-0.39, 0.29) is 11.5 Å². The van der Waals surface area contributed by atoms with Gasteiger partial charge in [0.15, 0.2) is 0 Å². The third kappa shape index (κ3) is 2.90. The Hall–Kier alpha value is -1.95. The predicted molar refractivity (Wildman–Crippen MR) is 91.3 cm³/mol. The quantitative estimate of drug-likeness (QED) is 0.826. The van der Waals surface area contributed by atoms with Crippen LogP contribution in [0.3, 0.4) is 0 Å². The second kappa shape index (κ2) is 5.84. The van der Waals surface area contributed by atoms with Crippen LogP contribution in [0, 0.1) is 0 Å². The number of amides is 1. The van der Waals surface area contributed by atoms with Gasteiger partial charge in [-0.05, 0) is 57.4 Å². The lowest BCUT2D eigenvalue weighted by molar-refractivity contribution is 0.00580. The van der Waals surface area contributed by atoms with Crippen LogP contribution in [0.5, 0.6) is 5.75 Å². The number of benzene rings is 1. The van der Waals surface area contributed by atoms with E-state index in [0.717, 1.165) is 17.0 Å². The molecular formula is C18H26N2O4. The maximum atomic E-state index is 12.3. The normalized spacial score (nSPS) is 22.0. The second-order valence-electron chi connectivity index (χ2n) is 7.58. The maximum absolute atomic E-state index is 12.3. The maximum Gasteiger partial charge on any atom is 0.410 e. The summed E-state index contributed by atoms with van der Waals surface area (Å²) in [5, 5.41) is 13.8. The number of fused-ring (bicyclic) bond motifs is 2. The summed E-state index contributed by atoms with van der Waals surface area (Å²) in [6.07, 6.45) is 0.422. The fraction of sp³-hybridized carbons (Fsp3) is 0.611. The van der Waals surface area contributed by atoms with E-state index in [2.05, 4.69) is 5.32 Å². The molecule has 1 aromatic carbocycles. The molecule has 0 aliphatic carbocycles. The molecule has 2 N–H and O–H groups in total. The fourth-order valence-corrected chi connectivity index (χ4v) is 3.58. The van der Waals surface area contributed by atoms with Crippen molar-refractivity contribution >= 4 is 11.8 Å². The number of rotatable bonds is 1. The summed E-state index contributed by atoms with van der Waals surface area (Å²) in [6, 6.07) is 5.81. The molecule has 6 nitrogen and oxygen atoms in total. The minimum atomic E-state index is -0.652. The van der Waals surface area contributed by atoms with Crippen molar-refractivity contribution in [3.05, 3.63) is 23.8 Å². The number of hydrogen-bond acceptors (Lipinski definition) is 5. The summed E-state index contributed by atoms with van der Waals surface area (Å²) in [7, 11) is 1.64. The highest BCUT2D eigenvalue weighted by Gasteiger charge is 2.49. The monoisotopic (exact) mass is 334 g/mol. The highest BCUT2D eigenvalue weighted by atomic mass is 16.6. The molecule has 1 spiro atoms. The molecule has 0 unspecified atom stereocenters. The number of carbonyl (C=O) groups is 1. The van der Waals surface area contributed by atoms with Gasteiger partial charge in [-0.3, -0.25) is 0 Å². The molecule has 1 amide bonds. The molecule has 6 heteroatoms. The van der Waals surface area contributed by atoms with E-state index in [1.54, 1.807) is 12.0 Å². The smallest absolute Gasteiger partial charge is 0.410 e. The van der Waals surface area contributed by atoms with Crippen LogP contribution in [0.25, 0.3) is 0 Å². The molecule has 0 radical (unpaired) electrons. The molecule has 3 rings (SSSR count). The van der Waals surface area contributed by atoms with Crippen LogP contribution in [-0.4, -0.2) is 48.1 Å². The zero-order valence-electron chi connectivity index (χ0n) is 14.8. The van der Waals surface area contributed by atoms with Crippen LogP contribution in [0.1, 0.15) is 39.2 Å². The lowest BCUT2D eigenvalue weighted by Gasteiger charge is -2.41. The number of hydrogen-bond donors (Lipinski definition) is 2. The van der Waals surface area contributed by atoms with Crippen molar-refractivity contribution in [2.75, 3.05) is 25.5 Å². The number of carbonyl (C=O) groups excluding carboxylic acids is 1. The van der Waals surface area contributed by atoms with Crippen LogP contribution in [-0.2, 0) is 10.2 Å². The van der Waals surface area contributed by atoms with E-state index in [1.807, 2.05) is 39.0 Å². The Morgan fingerprint density at radius 1 is 1.33 bits per heavy atom. The molecule has 1 atom stereocenters. The average Bonchev–Trinajstić information content (AvgIpc) is 2.78. The number of ether oxygens (including phenoxy) is 2. The molecule has 132 valence electrons. The van der Waals surface area contributed by atoms with Gasteiger partial charge in [-0.2, -0.15) is 0 Å². The van der Waals surface area contributed by atoms with E-state index < -0.39 is 11.8 Å². The third-order valence-electron chi connectivity index (χ3n) is 4.89. The number of anilines is 1. The molecule has 1 aromatic rings. The van der Waals surface area contributed by atoms with E-state index in [9.17, 15) is 9.90 Å². The molecule has 2 aliphatic rings. The first-order valence-electron chi connectivity index (χ1n) is 8.36. The third-order valence-corrected chi connectivity index (χ3v) is 4.89. The Balaban J connectivity index is 1.77. The number of nitrogens with one attached hydrogen (secondary N) is 1. The summed E-state index contributed by atoms with van der Waals surface area (Å²) >= 11 is 0. The Kier molecular flexibility index (Phi) is 4.11. The molecule has 1 fully saturated rings. The molecule has 24 heavy (non-hydrogen) atoms. The Morgan fingerprint density at radius 3 is 2.58 bits per heavy atom. The van der Waals surface area contributed by atoms with Gasteiger partial charge in [0.25, 0.3) is 0 Å². The zero-order valence-corrected chi connectivity index (χ0v) is 14.8.